The summed E-state index contributed by atoms with van der Waals surface area (Å²) >= 11 is 0. The van der Waals surface area contributed by atoms with Crippen LogP contribution in [0.2, 0.25) is 0 Å². The molecule has 1 atom stereocenters. The minimum absolute atomic E-state index is 0.450. The average Bonchev–Trinajstić information content (AvgIpc) is 2.90. The van der Waals surface area contributed by atoms with E-state index in [2.05, 4.69) is 0 Å². The fourth-order valence-electron chi connectivity index (χ4n) is 1.69. The first-order chi connectivity index (χ1) is 8.68. The summed E-state index contributed by atoms with van der Waals surface area (Å²) in [5.41, 5.74) is 0.450. The van der Waals surface area contributed by atoms with Crippen LogP contribution >= 0.6 is 0 Å². The SMILES string of the molecule is O=C(O)C(OC(=O)N1CC=CC1)c1ccccc1. The van der Waals surface area contributed by atoms with Gasteiger partial charge in [-0.3, -0.25) is 0 Å². The van der Waals surface area contributed by atoms with Crippen LogP contribution in [0.25, 0.3) is 0 Å². The zero-order valence-corrected chi connectivity index (χ0v) is 9.65. The maximum atomic E-state index is 11.7. The largest absolute Gasteiger partial charge is 0.478 e. The molecule has 1 unspecified atom stereocenters. The van der Waals surface area contributed by atoms with Crippen LogP contribution in [0.4, 0.5) is 4.79 Å². The molecule has 1 aromatic carbocycles. The molecule has 0 spiro atoms. The number of carbonyl (C=O) groups excluding carboxylic acids is 1. The van der Waals surface area contributed by atoms with Crippen LogP contribution in [0.3, 0.4) is 0 Å². The number of hydrogen-bond donors (Lipinski definition) is 1. The normalized spacial score (nSPS) is 15.4. The Labute approximate surface area is 104 Å². The predicted octanol–water partition coefficient (Wildman–Crippen LogP) is 1.82. The van der Waals surface area contributed by atoms with Crippen molar-refractivity contribution in [3.05, 3.63) is 48.0 Å². The quantitative estimate of drug-likeness (QED) is 0.827. The number of benzene rings is 1. The highest BCUT2D eigenvalue weighted by atomic mass is 16.6. The lowest BCUT2D eigenvalue weighted by molar-refractivity contribution is -0.147. The van der Waals surface area contributed by atoms with Crippen LogP contribution < -0.4 is 0 Å². The van der Waals surface area contributed by atoms with Crippen LogP contribution in [-0.2, 0) is 9.53 Å². The fourth-order valence-corrected chi connectivity index (χ4v) is 1.69. The highest BCUT2D eigenvalue weighted by Gasteiger charge is 2.27. The molecule has 1 aromatic rings. The number of carboxylic acid groups (broad SMARTS) is 1. The van der Waals surface area contributed by atoms with E-state index in [9.17, 15) is 9.59 Å². The molecule has 0 saturated heterocycles. The molecule has 94 valence electrons. The average molecular weight is 247 g/mol. The minimum atomic E-state index is -1.26. The predicted molar refractivity (Wildman–Crippen MR) is 64.0 cm³/mol. The Morgan fingerprint density at radius 1 is 1.17 bits per heavy atom. The molecule has 0 aromatic heterocycles. The molecule has 1 N–H and O–H groups in total. The van der Waals surface area contributed by atoms with Crippen molar-refractivity contribution in [2.24, 2.45) is 0 Å². The number of aliphatic carboxylic acids is 1. The van der Waals surface area contributed by atoms with E-state index in [0.717, 1.165) is 0 Å². The maximum absolute atomic E-state index is 11.7. The zero-order chi connectivity index (χ0) is 13.0. The van der Waals surface area contributed by atoms with E-state index in [1.165, 1.54) is 4.90 Å². The molecule has 0 radical (unpaired) electrons. The molecule has 1 aliphatic heterocycles. The summed E-state index contributed by atoms with van der Waals surface area (Å²) in [6.07, 6.45) is 1.79. The number of carbonyl (C=O) groups is 2. The lowest BCUT2D eigenvalue weighted by Gasteiger charge is -2.19. The van der Waals surface area contributed by atoms with Gasteiger partial charge >= 0.3 is 12.1 Å². The summed E-state index contributed by atoms with van der Waals surface area (Å²) in [6, 6.07) is 8.42. The number of ether oxygens (including phenoxy) is 1. The van der Waals surface area contributed by atoms with Gasteiger partial charge in [0.1, 0.15) is 0 Å². The number of carboxylic acids is 1. The smallest absolute Gasteiger partial charge is 0.411 e. The summed E-state index contributed by atoms with van der Waals surface area (Å²) in [4.78, 5) is 24.3. The summed E-state index contributed by atoms with van der Waals surface area (Å²) in [5.74, 6) is -1.18. The van der Waals surface area contributed by atoms with Gasteiger partial charge in [0.15, 0.2) is 0 Å². The van der Waals surface area contributed by atoms with Crippen LogP contribution in [0, 0.1) is 0 Å². The van der Waals surface area contributed by atoms with Crippen molar-refractivity contribution in [3.8, 4) is 0 Å². The van der Waals surface area contributed by atoms with E-state index >= 15 is 0 Å². The zero-order valence-electron chi connectivity index (χ0n) is 9.65. The first-order valence-electron chi connectivity index (χ1n) is 5.57. The Kier molecular flexibility index (Phi) is 3.62. The summed E-state index contributed by atoms with van der Waals surface area (Å²) in [7, 11) is 0. The van der Waals surface area contributed by atoms with E-state index in [1.54, 1.807) is 30.3 Å². The minimum Gasteiger partial charge on any atom is -0.478 e. The van der Waals surface area contributed by atoms with Gasteiger partial charge in [-0.15, -0.1) is 0 Å². The molecule has 0 bridgehead atoms. The van der Waals surface area contributed by atoms with E-state index in [-0.39, 0.29) is 0 Å². The summed E-state index contributed by atoms with van der Waals surface area (Å²) in [6.45, 7) is 0.917. The van der Waals surface area contributed by atoms with Gasteiger partial charge in [-0.05, 0) is 0 Å². The molecule has 2 rings (SSSR count). The van der Waals surface area contributed by atoms with E-state index < -0.39 is 18.2 Å². The van der Waals surface area contributed by atoms with Crippen LogP contribution in [-0.4, -0.2) is 35.2 Å². The van der Waals surface area contributed by atoms with Crippen molar-refractivity contribution >= 4 is 12.1 Å². The number of amides is 1. The fraction of sp³-hybridized carbons (Fsp3) is 0.231. The molecule has 0 saturated carbocycles. The van der Waals surface area contributed by atoms with Crippen molar-refractivity contribution in [3.63, 3.8) is 0 Å². The monoisotopic (exact) mass is 247 g/mol. The van der Waals surface area contributed by atoms with Crippen LogP contribution in [0.5, 0.6) is 0 Å². The lowest BCUT2D eigenvalue weighted by Crippen LogP contribution is -2.32. The summed E-state index contributed by atoms with van der Waals surface area (Å²) in [5, 5.41) is 9.11. The van der Waals surface area contributed by atoms with Gasteiger partial charge in [0.25, 0.3) is 0 Å². The molecule has 18 heavy (non-hydrogen) atoms. The number of hydrogen-bond acceptors (Lipinski definition) is 3. The van der Waals surface area contributed by atoms with Gasteiger partial charge in [-0.2, -0.15) is 0 Å². The number of rotatable bonds is 3. The van der Waals surface area contributed by atoms with Gasteiger partial charge in [0.05, 0.1) is 0 Å². The second-order valence-electron chi connectivity index (χ2n) is 3.89. The third-order valence-corrected chi connectivity index (χ3v) is 2.62. The van der Waals surface area contributed by atoms with Crippen molar-refractivity contribution in [1.29, 1.82) is 0 Å². The Balaban J connectivity index is 2.07. The van der Waals surface area contributed by atoms with E-state index in [1.807, 2.05) is 12.2 Å². The third-order valence-electron chi connectivity index (χ3n) is 2.62. The van der Waals surface area contributed by atoms with Crippen LogP contribution in [0.15, 0.2) is 42.5 Å². The molecular weight excluding hydrogens is 234 g/mol. The molecule has 1 aliphatic rings. The first-order valence-corrected chi connectivity index (χ1v) is 5.57. The Morgan fingerprint density at radius 2 is 1.78 bits per heavy atom. The number of nitrogens with zero attached hydrogens (tertiary/aromatic N) is 1. The topological polar surface area (TPSA) is 66.8 Å². The maximum Gasteiger partial charge on any atom is 0.411 e. The molecule has 0 fully saturated rings. The van der Waals surface area contributed by atoms with E-state index in [4.69, 9.17) is 9.84 Å². The third kappa shape index (κ3) is 2.68. The highest BCUT2D eigenvalue weighted by Crippen LogP contribution is 2.19. The lowest BCUT2D eigenvalue weighted by atomic mass is 10.1. The first kappa shape index (κ1) is 12.2. The van der Waals surface area contributed by atoms with Gasteiger partial charge in [-0.1, -0.05) is 42.5 Å². The van der Waals surface area contributed by atoms with Crippen molar-refractivity contribution in [1.82, 2.24) is 4.90 Å². The van der Waals surface area contributed by atoms with Crippen molar-refractivity contribution < 1.29 is 19.4 Å². The van der Waals surface area contributed by atoms with Gasteiger partial charge in [-0.25, -0.2) is 9.59 Å². The Bertz CT molecular complexity index is 461. The van der Waals surface area contributed by atoms with Gasteiger partial charge < -0.3 is 14.7 Å². The van der Waals surface area contributed by atoms with Crippen molar-refractivity contribution in [2.75, 3.05) is 13.1 Å². The van der Waals surface area contributed by atoms with Gasteiger partial charge in [0, 0.05) is 18.7 Å². The highest BCUT2D eigenvalue weighted by molar-refractivity contribution is 5.79. The van der Waals surface area contributed by atoms with Gasteiger partial charge in [0.2, 0.25) is 6.10 Å². The molecule has 1 heterocycles. The molecular formula is C13H13NO4. The van der Waals surface area contributed by atoms with Crippen molar-refractivity contribution in [2.45, 2.75) is 6.10 Å². The Morgan fingerprint density at radius 3 is 2.33 bits per heavy atom. The second-order valence-corrected chi connectivity index (χ2v) is 3.89. The standard InChI is InChI=1S/C13H13NO4/c15-12(16)11(10-6-2-1-3-7-10)18-13(17)14-8-4-5-9-14/h1-7,11H,8-9H2,(H,15,16). The Hall–Kier alpha value is -2.30. The summed E-state index contributed by atoms with van der Waals surface area (Å²) < 4.78 is 5.03. The van der Waals surface area contributed by atoms with E-state index in [0.29, 0.717) is 18.7 Å². The molecule has 0 aliphatic carbocycles. The van der Waals surface area contributed by atoms with Crippen LogP contribution in [0.1, 0.15) is 11.7 Å². The molecule has 5 nitrogen and oxygen atoms in total. The molecule has 1 amide bonds. The second kappa shape index (κ2) is 5.35. The molecule has 5 heteroatoms.